The molecule has 0 aliphatic heterocycles. The fourth-order valence-corrected chi connectivity index (χ4v) is 2.10. The zero-order chi connectivity index (χ0) is 12.3. The number of benzene rings is 1. The van der Waals surface area contributed by atoms with Crippen molar-refractivity contribution in [2.45, 2.75) is 17.0 Å². The molecule has 0 spiro atoms. The fourth-order valence-electron chi connectivity index (χ4n) is 1.28. The highest BCUT2D eigenvalue weighted by Gasteiger charge is 2.05. The summed E-state index contributed by atoms with van der Waals surface area (Å²) in [6.07, 6.45) is 1.71. The third kappa shape index (κ3) is 2.74. The van der Waals surface area contributed by atoms with Crippen LogP contribution in [0, 0.1) is 18.3 Å². The number of nitrogens with two attached hydrogens (primary N) is 1. The van der Waals surface area contributed by atoms with E-state index in [-0.39, 0.29) is 0 Å². The maximum absolute atomic E-state index is 8.74. The van der Waals surface area contributed by atoms with Gasteiger partial charge in [0.1, 0.15) is 0 Å². The quantitative estimate of drug-likeness (QED) is 0.646. The average molecular weight is 242 g/mol. The Balaban J connectivity index is 2.28. The van der Waals surface area contributed by atoms with Crippen LogP contribution in [0.3, 0.4) is 0 Å². The number of nitrogen functional groups attached to an aromatic ring is 1. The molecule has 0 saturated carbocycles. The number of hydrogen-bond donors (Lipinski definition) is 1. The van der Waals surface area contributed by atoms with E-state index in [0.29, 0.717) is 16.4 Å². The van der Waals surface area contributed by atoms with E-state index in [0.717, 1.165) is 10.6 Å². The molecular weight excluding hydrogens is 232 g/mol. The second-order valence-electron chi connectivity index (χ2n) is 3.45. The van der Waals surface area contributed by atoms with E-state index in [2.05, 4.69) is 9.97 Å². The van der Waals surface area contributed by atoms with E-state index in [9.17, 15) is 0 Å². The van der Waals surface area contributed by atoms with Crippen molar-refractivity contribution in [2.24, 2.45) is 0 Å². The molecule has 0 aliphatic carbocycles. The molecule has 0 bridgehead atoms. The lowest BCUT2D eigenvalue weighted by atomic mass is 10.2. The molecule has 0 saturated heterocycles. The first-order valence-electron chi connectivity index (χ1n) is 4.96. The highest BCUT2D eigenvalue weighted by atomic mass is 32.2. The van der Waals surface area contributed by atoms with Gasteiger partial charge in [-0.25, -0.2) is 9.97 Å². The maximum Gasteiger partial charge on any atom is 0.192 e. The van der Waals surface area contributed by atoms with Gasteiger partial charge in [-0.3, -0.25) is 0 Å². The zero-order valence-corrected chi connectivity index (χ0v) is 10.0. The van der Waals surface area contributed by atoms with Gasteiger partial charge >= 0.3 is 0 Å². The molecule has 2 rings (SSSR count). The van der Waals surface area contributed by atoms with Gasteiger partial charge in [-0.2, -0.15) is 5.26 Å². The van der Waals surface area contributed by atoms with E-state index in [1.807, 2.05) is 25.1 Å². The third-order valence-corrected chi connectivity index (χ3v) is 3.08. The lowest BCUT2D eigenvalue weighted by Crippen LogP contribution is -1.92. The van der Waals surface area contributed by atoms with E-state index in [1.54, 1.807) is 18.3 Å². The summed E-state index contributed by atoms with van der Waals surface area (Å²) in [5.74, 6) is 0. The van der Waals surface area contributed by atoms with Gasteiger partial charge in [0.15, 0.2) is 5.16 Å². The minimum Gasteiger partial charge on any atom is -0.398 e. The molecule has 1 heterocycles. The molecule has 0 fully saturated rings. The van der Waals surface area contributed by atoms with Gasteiger partial charge in [0.05, 0.1) is 11.6 Å². The van der Waals surface area contributed by atoms with Crippen LogP contribution in [0.5, 0.6) is 0 Å². The fraction of sp³-hybridized carbons (Fsp3) is 0.0833. The molecule has 4 nitrogen and oxygen atoms in total. The first kappa shape index (κ1) is 11.4. The zero-order valence-electron chi connectivity index (χ0n) is 9.21. The van der Waals surface area contributed by atoms with Gasteiger partial charge in [-0.1, -0.05) is 0 Å². The van der Waals surface area contributed by atoms with Gasteiger partial charge in [0, 0.05) is 22.5 Å². The Morgan fingerprint density at radius 3 is 2.82 bits per heavy atom. The lowest BCUT2D eigenvalue weighted by Gasteiger charge is -2.04. The van der Waals surface area contributed by atoms with Crippen molar-refractivity contribution in [3.63, 3.8) is 0 Å². The predicted molar refractivity (Wildman–Crippen MR) is 66.5 cm³/mol. The number of rotatable bonds is 2. The van der Waals surface area contributed by atoms with Crippen LogP contribution in [0.15, 0.2) is 40.5 Å². The van der Waals surface area contributed by atoms with Crippen LogP contribution in [0.2, 0.25) is 0 Å². The minimum absolute atomic E-state index is 0.553. The summed E-state index contributed by atoms with van der Waals surface area (Å²) in [7, 11) is 0. The number of aryl methyl sites for hydroxylation is 1. The Morgan fingerprint density at radius 2 is 2.18 bits per heavy atom. The van der Waals surface area contributed by atoms with Crippen molar-refractivity contribution in [1.29, 1.82) is 5.26 Å². The van der Waals surface area contributed by atoms with Crippen molar-refractivity contribution in [3.8, 4) is 6.07 Å². The van der Waals surface area contributed by atoms with Crippen LogP contribution in [0.1, 0.15) is 11.3 Å². The summed E-state index contributed by atoms with van der Waals surface area (Å²) in [5.41, 5.74) is 7.89. The van der Waals surface area contributed by atoms with E-state index in [4.69, 9.17) is 11.0 Å². The third-order valence-electron chi connectivity index (χ3n) is 2.11. The number of nitriles is 1. The summed E-state index contributed by atoms with van der Waals surface area (Å²) in [6.45, 7) is 1.91. The van der Waals surface area contributed by atoms with Crippen LogP contribution >= 0.6 is 11.8 Å². The van der Waals surface area contributed by atoms with Crippen molar-refractivity contribution in [1.82, 2.24) is 9.97 Å². The number of nitrogens with zero attached hydrogens (tertiary/aromatic N) is 3. The van der Waals surface area contributed by atoms with Crippen molar-refractivity contribution in [2.75, 3.05) is 5.73 Å². The minimum atomic E-state index is 0.553. The summed E-state index contributed by atoms with van der Waals surface area (Å²) in [5, 5.41) is 9.40. The molecule has 84 valence electrons. The predicted octanol–water partition coefficient (Wildman–Crippen LogP) is 2.39. The van der Waals surface area contributed by atoms with Crippen LogP contribution in [-0.2, 0) is 0 Å². The molecule has 0 aliphatic rings. The van der Waals surface area contributed by atoms with Gasteiger partial charge in [-0.15, -0.1) is 0 Å². The summed E-state index contributed by atoms with van der Waals surface area (Å²) >= 11 is 1.39. The molecule has 0 amide bonds. The molecule has 0 atom stereocenters. The Morgan fingerprint density at radius 1 is 1.35 bits per heavy atom. The Hall–Kier alpha value is -2.06. The monoisotopic (exact) mass is 242 g/mol. The normalized spacial score (nSPS) is 9.88. The molecule has 2 N–H and O–H groups in total. The highest BCUT2D eigenvalue weighted by Crippen LogP contribution is 2.30. The van der Waals surface area contributed by atoms with E-state index < -0.39 is 0 Å². The van der Waals surface area contributed by atoms with Crippen LogP contribution in [0.4, 0.5) is 5.69 Å². The smallest absolute Gasteiger partial charge is 0.192 e. The molecule has 1 aromatic heterocycles. The first-order chi connectivity index (χ1) is 8.19. The van der Waals surface area contributed by atoms with Gasteiger partial charge in [-0.05, 0) is 43.0 Å². The summed E-state index contributed by atoms with van der Waals surface area (Å²) in [4.78, 5) is 9.29. The number of hydrogen-bond acceptors (Lipinski definition) is 5. The van der Waals surface area contributed by atoms with Gasteiger partial charge in [0.25, 0.3) is 0 Å². The molecule has 0 radical (unpaired) electrons. The second-order valence-corrected chi connectivity index (χ2v) is 4.46. The highest BCUT2D eigenvalue weighted by molar-refractivity contribution is 7.99. The molecule has 5 heteroatoms. The molecule has 0 unspecified atom stereocenters. The van der Waals surface area contributed by atoms with E-state index in [1.165, 1.54) is 11.8 Å². The molecule has 2 aromatic rings. The summed E-state index contributed by atoms with van der Waals surface area (Å²) in [6, 6.07) is 9.08. The number of aromatic nitrogens is 2. The first-order valence-corrected chi connectivity index (χ1v) is 5.78. The second kappa shape index (κ2) is 4.85. The molecule has 17 heavy (non-hydrogen) atoms. The standard InChI is InChI=1S/C12H10N4S/c1-8-4-5-15-12(16-8)17-11-3-2-9(7-13)6-10(11)14/h2-6H,14H2,1H3. The SMILES string of the molecule is Cc1ccnc(Sc2ccc(C#N)cc2N)n1. The Labute approximate surface area is 104 Å². The molecule has 1 aromatic carbocycles. The molecular formula is C12H10N4S. The van der Waals surface area contributed by atoms with Crippen molar-refractivity contribution in [3.05, 3.63) is 41.7 Å². The van der Waals surface area contributed by atoms with Crippen LogP contribution in [-0.4, -0.2) is 9.97 Å². The van der Waals surface area contributed by atoms with Gasteiger partial charge in [0.2, 0.25) is 0 Å². The van der Waals surface area contributed by atoms with Crippen LogP contribution < -0.4 is 5.73 Å². The number of anilines is 1. The van der Waals surface area contributed by atoms with Crippen LogP contribution in [0.25, 0.3) is 0 Å². The van der Waals surface area contributed by atoms with E-state index >= 15 is 0 Å². The lowest BCUT2D eigenvalue weighted by molar-refractivity contribution is 0.932. The van der Waals surface area contributed by atoms with Crippen molar-refractivity contribution < 1.29 is 0 Å². The Kier molecular flexibility index (Phi) is 3.26. The average Bonchev–Trinajstić information content (AvgIpc) is 2.32. The maximum atomic E-state index is 8.74. The Bertz CT molecular complexity index is 589. The van der Waals surface area contributed by atoms with Gasteiger partial charge < -0.3 is 5.73 Å². The summed E-state index contributed by atoms with van der Waals surface area (Å²) < 4.78 is 0. The largest absolute Gasteiger partial charge is 0.398 e. The van der Waals surface area contributed by atoms with Crippen molar-refractivity contribution >= 4 is 17.4 Å². The topological polar surface area (TPSA) is 75.6 Å².